The van der Waals surface area contributed by atoms with Crippen molar-refractivity contribution in [1.82, 2.24) is 14.7 Å². The van der Waals surface area contributed by atoms with Crippen molar-refractivity contribution in [3.05, 3.63) is 66.1 Å². The first-order valence-corrected chi connectivity index (χ1v) is 10.9. The van der Waals surface area contributed by atoms with Gasteiger partial charge in [-0.05, 0) is 61.7 Å². The molecule has 1 saturated carbocycles. The van der Waals surface area contributed by atoms with Gasteiger partial charge in [-0.25, -0.2) is 4.98 Å². The van der Waals surface area contributed by atoms with Gasteiger partial charge in [0.15, 0.2) is 0 Å². The molecule has 5 nitrogen and oxygen atoms in total. The Morgan fingerprint density at radius 3 is 2.79 bits per heavy atom. The number of benzene rings is 1. The van der Waals surface area contributed by atoms with Crippen LogP contribution in [0.15, 0.2) is 59.8 Å². The van der Waals surface area contributed by atoms with Crippen molar-refractivity contribution in [3.63, 3.8) is 0 Å². The van der Waals surface area contributed by atoms with E-state index in [1.54, 1.807) is 11.8 Å². The van der Waals surface area contributed by atoms with Gasteiger partial charge < -0.3 is 15.5 Å². The predicted octanol–water partition coefficient (Wildman–Crippen LogP) is 3.87. The van der Waals surface area contributed by atoms with E-state index in [-0.39, 0.29) is 11.9 Å². The van der Waals surface area contributed by atoms with Crippen LogP contribution in [0.4, 0.5) is 0 Å². The van der Waals surface area contributed by atoms with Crippen LogP contribution < -0.4 is 11.1 Å². The second-order valence-corrected chi connectivity index (χ2v) is 8.42. The monoisotopic (exact) mass is 394 g/mol. The van der Waals surface area contributed by atoms with Crippen molar-refractivity contribution in [2.45, 2.75) is 42.4 Å². The van der Waals surface area contributed by atoms with Crippen molar-refractivity contribution < 1.29 is 4.79 Å². The van der Waals surface area contributed by atoms with Crippen molar-refractivity contribution in [2.75, 3.05) is 6.54 Å². The lowest BCUT2D eigenvalue weighted by Crippen LogP contribution is -2.44. The quantitative estimate of drug-likeness (QED) is 0.623. The molecule has 0 aliphatic heterocycles. The van der Waals surface area contributed by atoms with Gasteiger partial charge in [0.2, 0.25) is 0 Å². The van der Waals surface area contributed by atoms with Gasteiger partial charge in [0, 0.05) is 34.6 Å². The van der Waals surface area contributed by atoms with Gasteiger partial charge in [0.1, 0.15) is 5.65 Å². The largest absolute Gasteiger partial charge is 0.349 e. The summed E-state index contributed by atoms with van der Waals surface area (Å²) >= 11 is 1.72. The molecule has 1 aromatic carbocycles. The van der Waals surface area contributed by atoms with Crippen LogP contribution in [0.5, 0.6) is 0 Å². The smallest absolute Gasteiger partial charge is 0.251 e. The molecular formula is C22H26N4OS. The Morgan fingerprint density at radius 1 is 1.18 bits per heavy atom. The number of thioether (sulfide) groups is 1. The SMILES string of the molecule is NCC1CCCCC1NC(=O)c1ccc(SCc2cn3ccccc3n2)cc1. The van der Waals surface area contributed by atoms with Crippen molar-refractivity contribution in [1.29, 1.82) is 0 Å². The number of carbonyl (C=O) groups is 1. The van der Waals surface area contributed by atoms with Crippen LogP contribution in [0.2, 0.25) is 0 Å². The summed E-state index contributed by atoms with van der Waals surface area (Å²) in [5, 5.41) is 3.19. The van der Waals surface area contributed by atoms with Crippen molar-refractivity contribution >= 4 is 23.3 Å². The lowest BCUT2D eigenvalue weighted by molar-refractivity contribution is 0.0908. The molecule has 1 fully saturated rings. The Bertz CT molecular complexity index is 904. The van der Waals surface area contributed by atoms with E-state index >= 15 is 0 Å². The normalized spacial score (nSPS) is 19.6. The average Bonchev–Trinajstić information content (AvgIpc) is 3.16. The first-order valence-electron chi connectivity index (χ1n) is 9.89. The van der Waals surface area contributed by atoms with Crippen LogP contribution >= 0.6 is 11.8 Å². The molecule has 2 atom stereocenters. The average molecular weight is 395 g/mol. The van der Waals surface area contributed by atoms with Gasteiger partial charge in [-0.15, -0.1) is 11.8 Å². The number of fused-ring (bicyclic) bond motifs is 1. The number of pyridine rings is 1. The van der Waals surface area contributed by atoms with Crippen LogP contribution in [-0.4, -0.2) is 27.9 Å². The maximum absolute atomic E-state index is 12.6. The number of amides is 1. The van der Waals surface area contributed by atoms with E-state index in [4.69, 9.17) is 5.73 Å². The molecule has 0 radical (unpaired) electrons. The summed E-state index contributed by atoms with van der Waals surface area (Å²) in [6.07, 6.45) is 8.58. The molecule has 6 heteroatoms. The van der Waals surface area contributed by atoms with Gasteiger partial charge in [0.25, 0.3) is 5.91 Å². The van der Waals surface area contributed by atoms with E-state index in [9.17, 15) is 4.79 Å². The summed E-state index contributed by atoms with van der Waals surface area (Å²) in [4.78, 5) is 18.3. The first-order chi connectivity index (χ1) is 13.7. The molecule has 1 aliphatic carbocycles. The van der Waals surface area contributed by atoms with Gasteiger partial charge in [-0.1, -0.05) is 18.9 Å². The second-order valence-electron chi connectivity index (χ2n) is 7.37. The van der Waals surface area contributed by atoms with Crippen LogP contribution in [0, 0.1) is 5.92 Å². The number of hydrogen-bond donors (Lipinski definition) is 2. The molecule has 1 amide bonds. The lowest BCUT2D eigenvalue weighted by atomic mass is 9.84. The maximum Gasteiger partial charge on any atom is 0.251 e. The van der Waals surface area contributed by atoms with E-state index in [0.29, 0.717) is 18.0 Å². The molecule has 2 heterocycles. The Labute approximate surface area is 169 Å². The minimum absolute atomic E-state index is 0.00208. The maximum atomic E-state index is 12.6. The highest BCUT2D eigenvalue weighted by Crippen LogP contribution is 2.25. The van der Waals surface area contributed by atoms with Crippen LogP contribution in [-0.2, 0) is 5.75 Å². The van der Waals surface area contributed by atoms with E-state index in [0.717, 1.165) is 34.8 Å². The van der Waals surface area contributed by atoms with Crippen LogP contribution in [0.25, 0.3) is 5.65 Å². The van der Waals surface area contributed by atoms with E-state index < -0.39 is 0 Å². The molecule has 146 valence electrons. The zero-order valence-corrected chi connectivity index (χ0v) is 16.7. The van der Waals surface area contributed by atoms with Gasteiger partial charge in [-0.3, -0.25) is 4.79 Å². The molecule has 0 spiro atoms. The number of nitrogens with one attached hydrogen (secondary N) is 1. The standard InChI is InChI=1S/C22H26N4OS/c23-13-17-5-1-2-6-20(17)25-22(27)16-8-10-19(11-9-16)28-15-18-14-26-12-4-3-7-21(26)24-18/h3-4,7-12,14,17,20H,1-2,5-6,13,15,23H2,(H,25,27). The summed E-state index contributed by atoms with van der Waals surface area (Å²) in [5.41, 5.74) is 8.59. The third-order valence-electron chi connectivity index (χ3n) is 5.45. The molecule has 3 aromatic rings. The molecule has 2 unspecified atom stereocenters. The first kappa shape index (κ1) is 19.0. The summed E-state index contributed by atoms with van der Waals surface area (Å²) in [6.45, 7) is 0.642. The third-order valence-corrected chi connectivity index (χ3v) is 6.49. The van der Waals surface area contributed by atoms with E-state index in [1.807, 2.05) is 53.1 Å². The number of aromatic nitrogens is 2. The van der Waals surface area contributed by atoms with Crippen molar-refractivity contribution in [3.8, 4) is 0 Å². The van der Waals surface area contributed by atoms with E-state index in [1.165, 1.54) is 12.8 Å². The lowest BCUT2D eigenvalue weighted by Gasteiger charge is -2.31. The third kappa shape index (κ3) is 4.39. The predicted molar refractivity (Wildman–Crippen MR) is 113 cm³/mol. The van der Waals surface area contributed by atoms with Crippen LogP contribution in [0.3, 0.4) is 0 Å². The number of carbonyl (C=O) groups excluding carboxylic acids is 1. The highest BCUT2D eigenvalue weighted by molar-refractivity contribution is 7.98. The fourth-order valence-electron chi connectivity index (χ4n) is 3.85. The summed E-state index contributed by atoms with van der Waals surface area (Å²) in [5.74, 6) is 1.20. The fraction of sp³-hybridized carbons (Fsp3) is 0.364. The zero-order valence-electron chi connectivity index (χ0n) is 15.9. The molecule has 0 bridgehead atoms. The molecule has 4 rings (SSSR count). The number of nitrogens with two attached hydrogens (primary N) is 1. The number of hydrogen-bond acceptors (Lipinski definition) is 4. The summed E-state index contributed by atoms with van der Waals surface area (Å²) in [6, 6.07) is 14.0. The summed E-state index contributed by atoms with van der Waals surface area (Å²) in [7, 11) is 0. The minimum atomic E-state index is 0.00208. The topological polar surface area (TPSA) is 72.4 Å². The Balaban J connectivity index is 1.34. The molecule has 2 aromatic heterocycles. The molecule has 1 aliphatic rings. The Morgan fingerprint density at radius 2 is 2.00 bits per heavy atom. The van der Waals surface area contributed by atoms with Gasteiger partial charge in [0.05, 0.1) is 5.69 Å². The zero-order chi connectivity index (χ0) is 19.3. The highest BCUT2D eigenvalue weighted by atomic mass is 32.2. The number of imidazole rings is 1. The van der Waals surface area contributed by atoms with Crippen LogP contribution in [0.1, 0.15) is 41.7 Å². The molecule has 3 N–H and O–H groups in total. The second kappa shape index (κ2) is 8.80. The van der Waals surface area contributed by atoms with E-state index in [2.05, 4.69) is 16.5 Å². The molecular weight excluding hydrogens is 368 g/mol. The highest BCUT2D eigenvalue weighted by Gasteiger charge is 2.25. The Hall–Kier alpha value is -2.31. The number of nitrogens with zero attached hydrogens (tertiary/aromatic N) is 2. The molecule has 0 saturated heterocycles. The van der Waals surface area contributed by atoms with Gasteiger partial charge in [-0.2, -0.15) is 0 Å². The fourth-order valence-corrected chi connectivity index (χ4v) is 4.63. The van der Waals surface area contributed by atoms with Gasteiger partial charge >= 0.3 is 0 Å². The summed E-state index contributed by atoms with van der Waals surface area (Å²) < 4.78 is 2.03. The minimum Gasteiger partial charge on any atom is -0.349 e. The molecule has 28 heavy (non-hydrogen) atoms. The van der Waals surface area contributed by atoms with Crippen molar-refractivity contribution in [2.24, 2.45) is 11.7 Å². The number of rotatable bonds is 6. The Kier molecular flexibility index (Phi) is 5.98.